The minimum atomic E-state index is -0.392. The normalized spacial score (nSPS) is 20.2. The molecule has 2 saturated heterocycles. The molecule has 8 nitrogen and oxygen atoms in total. The van der Waals surface area contributed by atoms with E-state index in [1.165, 1.54) is 0 Å². The first-order chi connectivity index (χ1) is 13.1. The number of ether oxygens (including phenoxy) is 2. The third kappa shape index (κ3) is 2.65. The molecule has 0 radical (unpaired) electrons. The van der Waals surface area contributed by atoms with E-state index in [1.54, 1.807) is 16.3 Å². The van der Waals surface area contributed by atoms with Gasteiger partial charge in [0.2, 0.25) is 10.5 Å². The Morgan fingerprint density at radius 2 is 1.89 bits per heavy atom. The van der Waals surface area contributed by atoms with E-state index >= 15 is 0 Å². The maximum Gasteiger partial charge on any atom is 0.262 e. The van der Waals surface area contributed by atoms with E-state index in [9.17, 15) is 4.79 Å². The van der Waals surface area contributed by atoms with E-state index in [0.717, 1.165) is 31.4 Å². The lowest BCUT2D eigenvalue weighted by Crippen LogP contribution is -2.45. The molecule has 1 aromatic carbocycles. The fourth-order valence-electron chi connectivity index (χ4n) is 4.05. The number of hydrogen-bond donors (Lipinski definition) is 0. The molecule has 2 aliphatic heterocycles. The number of nitrogens with zero attached hydrogens (tertiary/aromatic N) is 5. The first-order valence-corrected chi connectivity index (χ1v) is 9.56. The highest BCUT2D eigenvalue weighted by atomic mass is 32.1. The number of aromatic nitrogens is 4. The molecule has 0 atom stereocenters. The van der Waals surface area contributed by atoms with Crippen molar-refractivity contribution in [1.82, 2.24) is 23.6 Å². The summed E-state index contributed by atoms with van der Waals surface area (Å²) in [5, 5.41) is 5.28. The molecular weight excluding hydrogens is 366 g/mol. The molecule has 0 amide bonds. The molecule has 2 aliphatic rings. The first-order valence-electron chi connectivity index (χ1n) is 9.16. The second-order valence-electron chi connectivity index (χ2n) is 7.17. The topological polar surface area (TPSA) is 65.9 Å². The fourth-order valence-corrected chi connectivity index (χ4v) is 4.33. The summed E-state index contributed by atoms with van der Waals surface area (Å²) in [5.41, 5.74) is 0.720. The highest BCUT2D eigenvalue weighted by Gasteiger charge is 2.39. The zero-order valence-electron chi connectivity index (χ0n) is 15.1. The van der Waals surface area contributed by atoms with Crippen molar-refractivity contribution < 1.29 is 9.47 Å². The van der Waals surface area contributed by atoms with Gasteiger partial charge in [-0.1, -0.05) is 12.1 Å². The summed E-state index contributed by atoms with van der Waals surface area (Å²) >= 11 is 5.70. The number of aryl methyl sites for hydroxylation is 1. The van der Waals surface area contributed by atoms with Crippen molar-refractivity contribution in [3.8, 4) is 0 Å². The van der Waals surface area contributed by atoms with Crippen molar-refractivity contribution in [2.75, 3.05) is 26.3 Å². The molecule has 0 aliphatic carbocycles. The molecule has 5 rings (SSSR count). The second kappa shape index (κ2) is 6.23. The minimum absolute atomic E-state index is 0.0688. The van der Waals surface area contributed by atoms with Gasteiger partial charge >= 0.3 is 0 Å². The Bertz CT molecular complexity index is 1130. The SMILES string of the molecule is Cn1c(=O)c2ccccc2n2c(=S)n(CN3CCC4(CC3)OCCO4)nc12. The van der Waals surface area contributed by atoms with Gasteiger partial charge in [0.25, 0.3) is 5.56 Å². The summed E-state index contributed by atoms with van der Waals surface area (Å²) in [5.74, 6) is 0.163. The van der Waals surface area contributed by atoms with Crippen LogP contribution in [-0.4, -0.2) is 55.7 Å². The molecule has 0 saturated carbocycles. The van der Waals surface area contributed by atoms with Crippen LogP contribution in [0.25, 0.3) is 16.7 Å². The van der Waals surface area contributed by atoms with Crippen LogP contribution in [-0.2, 0) is 23.2 Å². The quantitative estimate of drug-likeness (QED) is 0.621. The molecule has 0 N–H and O–H groups in total. The average molecular weight is 387 g/mol. The molecule has 142 valence electrons. The molecule has 1 spiro atoms. The van der Waals surface area contributed by atoms with Crippen LogP contribution in [0.1, 0.15) is 12.8 Å². The lowest BCUT2D eigenvalue weighted by Gasteiger charge is -2.37. The van der Waals surface area contributed by atoms with Gasteiger partial charge in [0, 0.05) is 33.0 Å². The third-order valence-electron chi connectivity index (χ3n) is 5.57. The predicted octanol–water partition coefficient (Wildman–Crippen LogP) is 1.51. The maximum absolute atomic E-state index is 12.6. The summed E-state index contributed by atoms with van der Waals surface area (Å²) < 4.78 is 17.4. The summed E-state index contributed by atoms with van der Waals surface area (Å²) in [6, 6.07) is 7.50. The van der Waals surface area contributed by atoms with Crippen molar-refractivity contribution >= 4 is 28.9 Å². The van der Waals surface area contributed by atoms with Gasteiger partial charge in [0.15, 0.2) is 5.79 Å². The molecule has 3 aromatic rings. The minimum Gasteiger partial charge on any atom is -0.347 e. The van der Waals surface area contributed by atoms with E-state index in [4.69, 9.17) is 21.7 Å². The Balaban J connectivity index is 1.51. The molecule has 27 heavy (non-hydrogen) atoms. The van der Waals surface area contributed by atoms with E-state index in [-0.39, 0.29) is 5.56 Å². The van der Waals surface area contributed by atoms with Crippen LogP contribution >= 0.6 is 12.2 Å². The van der Waals surface area contributed by atoms with Crippen LogP contribution in [0.4, 0.5) is 0 Å². The number of fused-ring (bicyclic) bond motifs is 3. The lowest BCUT2D eigenvalue weighted by atomic mass is 10.0. The van der Waals surface area contributed by atoms with Crippen LogP contribution in [0.15, 0.2) is 29.1 Å². The lowest BCUT2D eigenvalue weighted by molar-refractivity contribution is -0.187. The largest absolute Gasteiger partial charge is 0.347 e. The van der Waals surface area contributed by atoms with Crippen LogP contribution in [0.3, 0.4) is 0 Å². The van der Waals surface area contributed by atoms with Crippen LogP contribution in [0, 0.1) is 4.77 Å². The Morgan fingerprint density at radius 3 is 2.63 bits per heavy atom. The number of para-hydroxylation sites is 1. The van der Waals surface area contributed by atoms with Gasteiger partial charge in [-0.05, 0) is 24.4 Å². The molecule has 2 fully saturated rings. The molecular formula is C18H21N5O3S. The monoisotopic (exact) mass is 387 g/mol. The zero-order chi connectivity index (χ0) is 18.6. The van der Waals surface area contributed by atoms with E-state index in [0.29, 0.717) is 35.8 Å². The third-order valence-corrected chi connectivity index (χ3v) is 5.96. The van der Waals surface area contributed by atoms with Gasteiger partial charge in [0.05, 0.1) is 30.8 Å². The van der Waals surface area contributed by atoms with Gasteiger partial charge < -0.3 is 9.47 Å². The van der Waals surface area contributed by atoms with E-state index in [2.05, 4.69) is 10.00 Å². The Kier molecular flexibility index (Phi) is 3.94. The number of rotatable bonds is 2. The van der Waals surface area contributed by atoms with Gasteiger partial charge in [-0.15, -0.1) is 5.10 Å². The van der Waals surface area contributed by atoms with Crippen molar-refractivity contribution in [3.63, 3.8) is 0 Å². The Labute approximate surface area is 160 Å². The van der Waals surface area contributed by atoms with Crippen molar-refractivity contribution in [2.24, 2.45) is 7.05 Å². The molecule has 0 unspecified atom stereocenters. The number of likely N-dealkylation sites (tertiary alicyclic amines) is 1. The van der Waals surface area contributed by atoms with Gasteiger partial charge in [-0.25, -0.2) is 4.68 Å². The van der Waals surface area contributed by atoms with E-state index in [1.807, 2.05) is 28.7 Å². The first kappa shape index (κ1) is 17.1. The second-order valence-corrected chi connectivity index (χ2v) is 7.53. The van der Waals surface area contributed by atoms with Gasteiger partial charge in [-0.3, -0.25) is 18.7 Å². The van der Waals surface area contributed by atoms with Gasteiger partial charge in [-0.2, -0.15) is 0 Å². The number of hydrogen-bond acceptors (Lipinski definition) is 6. The molecule has 0 bridgehead atoms. The fraction of sp³-hybridized carbons (Fsp3) is 0.500. The zero-order valence-corrected chi connectivity index (χ0v) is 15.9. The Morgan fingerprint density at radius 1 is 1.19 bits per heavy atom. The van der Waals surface area contributed by atoms with Crippen molar-refractivity contribution in [2.45, 2.75) is 25.3 Å². The van der Waals surface area contributed by atoms with E-state index < -0.39 is 5.79 Å². The summed E-state index contributed by atoms with van der Waals surface area (Å²) in [7, 11) is 1.73. The molecule has 9 heteroatoms. The number of piperidine rings is 1. The van der Waals surface area contributed by atoms with Gasteiger partial charge in [0.1, 0.15) is 0 Å². The molecule has 4 heterocycles. The standard InChI is InChI=1S/C18H21N5O3S/c1-20-15(24)13-4-2-3-5-14(13)23-16(20)19-22(17(23)27)12-21-8-6-18(7-9-21)25-10-11-26-18/h2-5H,6-12H2,1H3. The van der Waals surface area contributed by atoms with Crippen molar-refractivity contribution in [3.05, 3.63) is 39.4 Å². The van der Waals surface area contributed by atoms with Crippen LogP contribution in [0.5, 0.6) is 0 Å². The predicted molar refractivity (Wildman–Crippen MR) is 102 cm³/mol. The Hall–Kier alpha value is -2.07. The van der Waals surface area contributed by atoms with Crippen LogP contribution < -0.4 is 5.56 Å². The highest BCUT2D eigenvalue weighted by Crippen LogP contribution is 2.31. The summed E-state index contributed by atoms with van der Waals surface area (Å²) in [6.07, 6.45) is 1.68. The molecule has 2 aromatic heterocycles. The summed E-state index contributed by atoms with van der Waals surface area (Å²) in [6.45, 7) is 3.65. The highest BCUT2D eigenvalue weighted by molar-refractivity contribution is 7.71. The average Bonchev–Trinajstić information content (AvgIpc) is 3.27. The van der Waals surface area contributed by atoms with Crippen LogP contribution in [0.2, 0.25) is 0 Å². The number of benzene rings is 1. The van der Waals surface area contributed by atoms with Crippen molar-refractivity contribution in [1.29, 1.82) is 0 Å². The maximum atomic E-state index is 12.6. The smallest absolute Gasteiger partial charge is 0.262 e. The summed E-state index contributed by atoms with van der Waals surface area (Å²) in [4.78, 5) is 14.9.